The summed E-state index contributed by atoms with van der Waals surface area (Å²) in [4.78, 5) is 26.2. The molecule has 2 atom stereocenters. The maximum absolute atomic E-state index is 12.9. The molecule has 7 nitrogen and oxygen atoms in total. The van der Waals surface area contributed by atoms with E-state index in [0.717, 1.165) is 11.1 Å². The molecule has 1 fully saturated rings. The second-order valence-electron chi connectivity index (χ2n) is 7.47. The lowest BCUT2D eigenvalue weighted by Gasteiger charge is -2.37. The van der Waals surface area contributed by atoms with Crippen LogP contribution in [0.15, 0.2) is 35.2 Å². The first-order valence-electron chi connectivity index (χ1n) is 9.46. The van der Waals surface area contributed by atoms with E-state index in [1.807, 2.05) is 19.9 Å². The smallest absolute Gasteiger partial charge is 0.307 e. The molecular weight excluding hydrogens is 380 g/mol. The van der Waals surface area contributed by atoms with Crippen LogP contribution in [0.3, 0.4) is 0 Å². The molecule has 0 spiro atoms. The second kappa shape index (κ2) is 8.05. The fourth-order valence-corrected chi connectivity index (χ4v) is 5.27. The van der Waals surface area contributed by atoms with Gasteiger partial charge in [0.05, 0.1) is 16.7 Å². The normalized spacial score (nSPS) is 23.6. The minimum atomic E-state index is -3.61. The molecule has 2 unspecified atom stereocenters. The van der Waals surface area contributed by atoms with Crippen molar-refractivity contribution in [1.29, 1.82) is 0 Å². The van der Waals surface area contributed by atoms with Crippen LogP contribution in [-0.4, -0.2) is 60.8 Å². The zero-order chi connectivity index (χ0) is 20.5. The van der Waals surface area contributed by atoms with Crippen LogP contribution in [0.5, 0.6) is 0 Å². The number of carboxylic acids is 1. The standard InChI is InChI=1S/C20H26N2O5S/c1-14-7-8-16(13-15(14)2)28(26,27)22-11-9-21(10-12-22)19(23)17-5-3-4-6-18(17)20(24)25/h3-4,7-8,13,17-18H,5-6,9-12H2,1-2H3,(H,24,25). The first kappa shape index (κ1) is 20.5. The van der Waals surface area contributed by atoms with Crippen LogP contribution in [-0.2, 0) is 19.6 Å². The van der Waals surface area contributed by atoms with Crippen LogP contribution in [0.25, 0.3) is 0 Å². The van der Waals surface area contributed by atoms with E-state index in [9.17, 15) is 23.1 Å². The van der Waals surface area contributed by atoms with E-state index in [-0.39, 0.29) is 37.0 Å². The molecule has 0 radical (unpaired) electrons. The van der Waals surface area contributed by atoms with Gasteiger partial charge in [0.15, 0.2) is 0 Å². The van der Waals surface area contributed by atoms with Gasteiger partial charge in [-0.05, 0) is 49.9 Å². The quantitative estimate of drug-likeness (QED) is 0.770. The fourth-order valence-electron chi connectivity index (χ4n) is 3.77. The van der Waals surface area contributed by atoms with Crippen molar-refractivity contribution in [3.8, 4) is 0 Å². The molecule has 1 aliphatic heterocycles. The summed E-state index contributed by atoms with van der Waals surface area (Å²) in [6.07, 6.45) is 4.42. The average molecular weight is 407 g/mol. The van der Waals surface area contributed by atoms with Gasteiger partial charge in [0.1, 0.15) is 0 Å². The Balaban J connectivity index is 1.68. The predicted molar refractivity (Wildman–Crippen MR) is 104 cm³/mol. The molecule has 1 aliphatic carbocycles. The third kappa shape index (κ3) is 3.98. The van der Waals surface area contributed by atoms with Crippen LogP contribution in [0.1, 0.15) is 24.0 Å². The Kier molecular flexibility index (Phi) is 5.90. The maximum Gasteiger partial charge on any atom is 0.307 e. The van der Waals surface area contributed by atoms with Gasteiger partial charge in [0, 0.05) is 26.2 Å². The lowest BCUT2D eigenvalue weighted by molar-refractivity contribution is -0.151. The Morgan fingerprint density at radius 1 is 0.964 bits per heavy atom. The van der Waals surface area contributed by atoms with E-state index >= 15 is 0 Å². The van der Waals surface area contributed by atoms with Gasteiger partial charge < -0.3 is 10.0 Å². The summed E-state index contributed by atoms with van der Waals surface area (Å²) in [7, 11) is -3.61. The first-order chi connectivity index (χ1) is 13.2. The molecule has 1 amide bonds. The number of carbonyl (C=O) groups is 2. The SMILES string of the molecule is Cc1ccc(S(=O)(=O)N2CCN(C(=O)C3CC=CCC3C(=O)O)CC2)cc1C. The van der Waals surface area contributed by atoms with Crippen LogP contribution in [0.2, 0.25) is 0 Å². The van der Waals surface area contributed by atoms with E-state index in [0.29, 0.717) is 12.8 Å². The van der Waals surface area contributed by atoms with Gasteiger partial charge in [-0.3, -0.25) is 9.59 Å². The van der Waals surface area contributed by atoms with Crippen LogP contribution in [0.4, 0.5) is 0 Å². The highest BCUT2D eigenvalue weighted by Crippen LogP contribution is 2.28. The monoisotopic (exact) mass is 406 g/mol. The van der Waals surface area contributed by atoms with Crippen molar-refractivity contribution < 1.29 is 23.1 Å². The fraction of sp³-hybridized carbons (Fsp3) is 0.500. The topological polar surface area (TPSA) is 95.0 Å². The third-order valence-electron chi connectivity index (χ3n) is 5.73. The van der Waals surface area contributed by atoms with E-state index in [4.69, 9.17) is 0 Å². The number of allylic oxidation sites excluding steroid dienone is 2. The van der Waals surface area contributed by atoms with Crippen molar-refractivity contribution in [2.45, 2.75) is 31.6 Å². The Morgan fingerprint density at radius 2 is 1.57 bits per heavy atom. The molecule has 1 aromatic rings. The number of carboxylic acid groups (broad SMARTS) is 1. The molecular formula is C20H26N2O5S. The number of piperazine rings is 1. The van der Waals surface area contributed by atoms with Crippen molar-refractivity contribution in [2.24, 2.45) is 11.8 Å². The molecule has 1 aromatic carbocycles. The summed E-state index contributed by atoms with van der Waals surface area (Å²) in [5, 5.41) is 9.38. The van der Waals surface area contributed by atoms with Gasteiger partial charge >= 0.3 is 5.97 Å². The van der Waals surface area contributed by atoms with Gasteiger partial charge in [0.2, 0.25) is 15.9 Å². The molecule has 8 heteroatoms. The highest BCUT2D eigenvalue weighted by Gasteiger charge is 2.38. The number of aliphatic carboxylic acids is 1. The Hall–Kier alpha value is -2.19. The summed E-state index contributed by atoms with van der Waals surface area (Å²) >= 11 is 0. The average Bonchev–Trinajstić information content (AvgIpc) is 2.69. The van der Waals surface area contributed by atoms with Crippen molar-refractivity contribution in [3.05, 3.63) is 41.5 Å². The van der Waals surface area contributed by atoms with Crippen molar-refractivity contribution in [3.63, 3.8) is 0 Å². The minimum absolute atomic E-state index is 0.194. The van der Waals surface area contributed by atoms with Crippen LogP contribution >= 0.6 is 0 Å². The third-order valence-corrected chi connectivity index (χ3v) is 7.63. The summed E-state index contributed by atoms with van der Waals surface area (Å²) < 4.78 is 27.2. The van der Waals surface area contributed by atoms with Gasteiger partial charge in [-0.2, -0.15) is 4.31 Å². The number of carbonyl (C=O) groups excluding carboxylic acids is 1. The zero-order valence-electron chi connectivity index (χ0n) is 16.2. The number of nitrogens with zero attached hydrogens (tertiary/aromatic N) is 2. The number of rotatable bonds is 4. The number of hydrogen-bond donors (Lipinski definition) is 1. The summed E-state index contributed by atoms with van der Waals surface area (Å²) in [6.45, 7) is 4.77. The number of hydrogen-bond acceptors (Lipinski definition) is 4. The molecule has 28 heavy (non-hydrogen) atoms. The Morgan fingerprint density at radius 3 is 2.14 bits per heavy atom. The predicted octanol–water partition coefficient (Wildman–Crippen LogP) is 1.80. The second-order valence-corrected chi connectivity index (χ2v) is 9.41. The summed E-state index contributed by atoms with van der Waals surface area (Å²) in [5.41, 5.74) is 1.95. The molecule has 0 saturated carbocycles. The maximum atomic E-state index is 12.9. The van der Waals surface area contributed by atoms with E-state index in [1.165, 1.54) is 4.31 Å². The molecule has 152 valence electrons. The van der Waals surface area contributed by atoms with E-state index < -0.39 is 27.8 Å². The highest BCUT2D eigenvalue weighted by molar-refractivity contribution is 7.89. The Bertz CT molecular complexity index is 901. The van der Waals surface area contributed by atoms with Gasteiger partial charge in [-0.25, -0.2) is 8.42 Å². The summed E-state index contributed by atoms with van der Waals surface area (Å²) in [5.74, 6) is -2.45. The number of aryl methyl sites for hydroxylation is 2. The number of sulfonamides is 1. The molecule has 3 rings (SSSR count). The van der Waals surface area contributed by atoms with Gasteiger partial charge in [-0.15, -0.1) is 0 Å². The zero-order valence-corrected chi connectivity index (χ0v) is 17.0. The molecule has 0 bridgehead atoms. The Labute approximate surface area is 165 Å². The number of benzene rings is 1. The largest absolute Gasteiger partial charge is 0.481 e. The molecule has 1 heterocycles. The van der Waals surface area contributed by atoms with Gasteiger partial charge in [0.25, 0.3) is 0 Å². The molecule has 0 aromatic heterocycles. The van der Waals surface area contributed by atoms with Crippen molar-refractivity contribution >= 4 is 21.9 Å². The van der Waals surface area contributed by atoms with E-state index in [2.05, 4.69) is 0 Å². The molecule has 1 N–H and O–H groups in total. The van der Waals surface area contributed by atoms with Crippen LogP contribution in [0, 0.1) is 25.7 Å². The summed E-state index contributed by atoms with van der Waals surface area (Å²) in [6, 6.07) is 5.08. The van der Waals surface area contributed by atoms with Crippen molar-refractivity contribution in [2.75, 3.05) is 26.2 Å². The first-order valence-corrected chi connectivity index (χ1v) is 10.9. The van der Waals surface area contributed by atoms with Gasteiger partial charge in [-0.1, -0.05) is 18.2 Å². The number of amides is 1. The van der Waals surface area contributed by atoms with Crippen LogP contribution < -0.4 is 0 Å². The lowest BCUT2D eigenvalue weighted by Crippen LogP contribution is -2.53. The highest BCUT2D eigenvalue weighted by atomic mass is 32.2. The lowest BCUT2D eigenvalue weighted by atomic mass is 9.82. The van der Waals surface area contributed by atoms with E-state index in [1.54, 1.807) is 29.2 Å². The minimum Gasteiger partial charge on any atom is -0.481 e. The molecule has 2 aliphatic rings. The van der Waals surface area contributed by atoms with Crippen molar-refractivity contribution in [1.82, 2.24) is 9.21 Å². The molecule has 1 saturated heterocycles.